The van der Waals surface area contributed by atoms with E-state index in [1.165, 1.54) is 21.5 Å². The number of rotatable bonds is 8. The fourth-order valence-electron chi connectivity index (χ4n) is 4.71. The Labute approximate surface area is 216 Å². The van der Waals surface area contributed by atoms with Gasteiger partial charge in [0, 0.05) is 29.9 Å². The summed E-state index contributed by atoms with van der Waals surface area (Å²) in [5, 5.41) is 4.70. The van der Waals surface area contributed by atoms with E-state index in [2.05, 4.69) is 82.8 Å². The first-order valence-corrected chi connectivity index (χ1v) is 12.4. The summed E-state index contributed by atoms with van der Waals surface area (Å²) in [4.78, 5) is 8.85. The van der Waals surface area contributed by atoms with Crippen LogP contribution < -0.4 is 9.47 Å². The van der Waals surface area contributed by atoms with Gasteiger partial charge in [0.15, 0.2) is 0 Å². The van der Waals surface area contributed by atoms with Crippen LogP contribution in [0.3, 0.4) is 0 Å². The maximum Gasteiger partial charge on any atom is 0.130 e. The van der Waals surface area contributed by atoms with Gasteiger partial charge in [0.05, 0.1) is 11.4 Å². The second-order valence-electron chi connectivity index (χ2n) is 8.92. The van der Waals surface area contributed by atoms with Crippen molar-refractivity contribution >= 4 is 21.5 Å². The van der Waals surface area contributed by atoms with Gasteiger partial charge in [-0.1, -0.05) is 72.8 Å². The molecule has 0 aliphatic carbocycles. The van der Waals surface area contributed by atoms with Gasteiger partial charge in [-0.25, -0.2) is 0 Å². The lowest BCUT2D eigenvalue weighted by Crippen LogP contribution is -2.04. The molecule has 0 N–H and O–H groups in total. The molecule has 0 aliphatic heterocycles. The van der Waals surface area contributed by atoms with Gasteiger partial charge in [-0.3, -0.25) is 9.97 Å². The van der Waals surface area contributed by atoms with Crippen LogP contribution >= 0.6 is 0 Å². The third-order valence-electron chi connectivity index (χ3n) is 6.55. The molecule has 4 heteroatoms. The minimum Gasteiger partial charge on any atom is -0.487 e. The second-order valence-corrected chi connectivity index (χ2v) is 8.92. The lowest BCUT2D eigenvalue weighted by molar-refractivity contribution is 0.296. The molecule has 0 unspecified atom stereocenters. The molecule has 180 valence electrons. The minimum atomic E-state index is 0.407. The Morgan fingerprint density at radius 2 is 0.919 bits per heavy atom. The SMILES string of the molecule is c1ccc(COc2ccc3ccccc3c2Cc2c(OCc3ccccn3)ccc3ccccc23)nc1. The van der Waals surface area contributed by atoms with E-state index in [4.69, 9.17) is 9.47 Å². The molecule has 4 aromatic carbocycles. The standard InChI is InChI=1S/C33H26N2O2/c1-3-13-28-24(9-1)15-17-32(36-22-26-11-5-7-19-34-26)30(28)21-31-29-14-4-2-10-25(29)16-18-33(31)37-23-27-12-6-8-20-35-27/h1-20H,21-23H2. The van der Waals surface area contributed by atoms with Gasteiger partial charge in [0.2, 0.25) is 0 Å². The first-order valence-electron chi connectivity index (χ1n) is 12.4. The molecule has 0 bridgehead atoms. The lowest BCUT2D eigenvalue weighted by Gasteiger charge is -2.18. The van der Waals surface area contributed by atoms with Crippen molar-refractivity contribution in [2.24, 2.45) is 0 Å². The van der Waals surface area contributed by atoms with Crippen LogP contribution in [-0.2, 0) is 19.6 Å². The van der Waals surface area contributed by atoms with E-state index in [9.17, 15) is 0 Å². The molecule has 0 fully saturated rings. The number of fused-ring (bicyclic) bond motifs is 2. The molecule has 0 saturated carbocycles. The molecule has 37 heavy (non-hydrogen) atoms. The van der Waals surface area contributed by atoms with Crippen molar-refractivity contribution in [1.29, 1.82) is 0 Å². The molecule has 0 saturated heterocycles. The van der Waals surface area contributed by atoms with Gasteiger partial charge < -0.3 is 9.47 Å². The highest BCUT2D eigenvalue weighted by Crippen LogP contribution is 2.36. The van der Waals surface area contributed by atoms with Gasteiger partial charge in [0.25, 0.3) is 0 Å². The maximum absolute atomic E-state index is 6.37. The summed E-state index contributed by atoms with van der Waals surface area (Å²) in [5.74, 6) is 1.71. The van der Waals surface area contributed by atoms with E-state index in [-0.39, 0.29) is 0 Å². The van der Waals surface area contributed by atoms with Crippen molar-refractivity contribution < 1.29 is 9.47 Å². The average molecular weight is 483 g/mol. The highest BCUT2D eigenvalue weighted by molar-refractivity contribution is 5.91. The molecular formula is C33H26N2O2. The van der Waals surface area contributed by atoms with Crippen LogP contribution in [0.2, 0.25) is 0 Å². The summed E-state index contributed by atoms with van der Waals surface area (Å²) in [6.45, 7) is 0.815. The number of benzene rings is 4. The van der Waals surface area contributed by atoms with Crippen LogP contribution in [0, 0.1) is 0 Å². The monoisotopic (exact) mass is 482 g/mol. The van der Waals surface area contributed by atoms with Crippen molar-refractivity contribution in [1.82, 2.24) is 9.97 Å². The molecule has 4 nitrogen and oxygen atoms in total. The zero-order chi connectivity index (χ0) is 24.9. The Hall–Kier alpha value is -4.70. The topological polar surface area (TPSA) is 44.2 Å². The molecule has 0 aliphatic rings. The maximum atomic E-state index is 6.37. The van der Waals surface area contributed by atoms with Crippen molar-refractivity contribution in [2.75, 3.05) is 0 Å². The zero-order valence-corrected chi connectivity index (χ0v) is 20.4. The van der Waals surface area contributed by atoms with Gasteiger partial charge in [0.1, 0.15) is 24.7 Å². The molecule has 0 atom stereocenters. The van der Waals surface area contributed by atoms with E-state index < -0.39 is 0 Å². The van der Waals surface area contributed by atoms with Crippen LogP contribution in [0.25, 0.3) is 21.5 Å². The van der Waals surface area contributed by atoms with Crippen LogP contribution in [0.4, 0.5) is 0 Å². The first-order chi connectivity index (χ1) is 18.3. The predicted octanol–water partition coefficient (Wildman–Crippen LogP) is 7.53. The number of ether oxygens (including phenoxy) is 2. The number of hydrogen-bond donors (Lipinski definition) is 0. The molecule has 0 radical (unpaired) electrons. The van der Waals surface area contributed by atoms with Gasteiger partial charge in [-0.15, -0.1) is 0 Å². The highest BCUT2D eigenvalue weighted by atomic mass is 16.5. The summed E-state index contributed by atoms with van der Waals surface area (Å²) in [5.41, 5.74) is 4.05. The van der Waals surface area contributed by atoms with E-state index in [1.807, 2.05) is 36.4 Å². The summed E-state index contributed by atoms with van der Waals surface area (Å²) in [6, 6.07) is 37.0. The second kappa shape index (κ2) is 10.5. The van der Waals surface area contributed by atoms with Crippen molar-refractivity contribution in [3.05, 3.63) is 144 Å². The fourth-order valence-corrected chi connectivity index (χ4v) is 4.71. The zero-order valence-electron chi connectivity index (χ0n) is 20.4. The highest BCUT2D eigenvalue weighted by Gasteiger charge is 2.16. The van der Waals surface area contributed by atoms with Crippen LogP contribution in [0.15, 0.2) is 122 Å². The molecule has 0 spiro atoms. The normalized spacial score (nSPS) is 11.0. The van der Waals surface area contributed by atoms with Crippen molar-refractivity contribution in [3.8, 4) is 11.5 Å². The largest absolute Gasteiger partial charge is 0.487 e. The van der Waals surface area contributed by atoms with E-state index in [0.717, 1.165) is 34.0 Å². The number of nitrogens with zero attached hydrogens (tertiary/aromatic N) is 2. The van der Waals surface area contributed by atoms with E-state index >= 15 is 0 Å². The molecule has 2 heterocycles. The van der Waals surface area contributed by atoms with Crippen molar-refractivity contribution in [2.45, 2.75) is 19.6 Å². The van der Waals surface area contributed by atoms with E-state index in [0.29, 0.717) is 19.6 Å². The van der Waals surface area contributed by atoms with E-state index in [1.54, 1.807) is 12.4 Å². The molecule has 0 amide bonds. The van der Waals surface area contributed by atoms with Gasteiger partial charge in [-0.2, -0.15) is 0 Å². The number of aromatic nitrogens is 2. The van der Waals surface area contributed by atoms with Crippen LogP contribution in [0.5, 0.6) is 11.5 Å². The minimum absolute atomic E-state index is 0.407. The number of hydrogen-bond acceptors (Lipinski definition) is 4. The van der Waals surface area contributed by atoms with Gasteiger partial charge >= 0.3 is 0 Å². The summed E-state index contributed by atoms with van der Waals surface area (Å²) >= 11 is 0. The third kappa shape index (κ3) is 5.00. The third-order valence-corrected chi connectivity index (χ3v) is 6.55. The summed E-state index contributed by atoms with van der Waals surface area (Å²) in [6.07, 6.45) is 4.25. The quantitative estimate of drug-likeness (QED) is 0.225. The molecule has 6 rings (SSSR count). The molecular weight excluding hydrogens is 456 g/mol. The Balaban J connectivity index is 1.42. The Morgan fingerprint density at radius 3 is 1.38 bits per heavy atom. The Kier molecular flexibility index (Phi) is 6.46. The smallest absolute Gasteiger partial charge is 0.130 e. The predicted molar refractivity (Wildman–Crippen MR) is 148 cm³/mol. The average Bonchev–Trinajstić information content (AvgIpc) is 2.97. The van der Waals surface area contributed by atoms with Crippen molar-refractivity contribution in [3.63, 3.8) is 0 Å². The lowest BCUT2D eigenvalue weighted by atomic mass is 9.93. The molecule has 2 aromatic heterocycles. The number of pyridine rings is 2. The fraction of sp³-hybridized carbons (Fsp3) is 0.0909. The Bertz CT molecular complexity index is 1530. The van der Waals surface area contributed by atoms with Crippen LogP contribution in [-0.4, -0.2) is 9.97 Å². The summed E-state index contributed by atoms with van der Waals surface area (Å²) < 4.78 is 12.7. The molecule has 6 aromatic rings. The summed E-state index contributed by atoms with van der Waals surface area (Å²) in [7, 11) is 0. The van der Waals surface area contributed by atoms with Gasteiger partial charge in [-0.05, 0) is 57.9 Å². The Morgan fingerprint density at radius 1 is 0.459 bits per heavy atom. The first kappa shape index (κ1) is 22.7. The van der Waals surface area contributed by atoms with Crippen LogP contribution in [0.1, 0.15) is 22.5 Å².